The minimum absolute atomic E-state index is 0.423. The van der Waals surface area contributed by atoms with Crippen molar-refractivity contribution >= 4 is 15.9 Å². The van der Waals surface area contributed by atoms with Crippen molar-refractivity contribution in [1.82, 2.24) is 0 Å². The molecule has 1 heterocycles. The fourth-order valence-electron chi connectivity index (χ4n) is 3.38. The Morgan fingerprint density at radius 3 is 2.78 bits per heavy atom. The Balaban J connectivity index is 1.85. The average molecular weight is 309 g/mol. The molecule has 98 valence electrons. The molecule has 3 rings (SSSR count). The van der Waals surface area contributed by atoms with Crippen LogP contribution in [0.4, 0.5) is 0 Å². The molecule has 0 radical (unpaired) electrons. The molecule has 0 spiro atoms. The molecule has 1 aromatic rings. The molecule has 0 bridgehead atoms. The van der Waals surface area contributed by atoms with E-state index in [0.29, 0.717) is 10.2 Å². The lowest BCUT2D eigenvalue weighted by Gasteiger charge is -2.38. The number of hydrogen-bond donors (Lipinski definition) is 0. The first-order chi connectivity index (χ1) is 8.69. The Morgan fingerprint density at radius 2 is 2.00 bits per heavy atom. The lowest BCUT2D eigenvalue weighted by Crippen LogP contribution is -2.25. The lowest BCUT2D eigenvalue weighted by atomic mass is 9.72. The molecule has 1 saturated carbocycles. The van der Waals surface area contributed by atoms with Gasteiger partial charge in [0.1, 0.15) is 5.75 Å². The van der Waals surface area contributed by atoms with Crippen molar-refractivity contribution in [2.75, 3.05) is 6.61 Å². The second-order valence-electron chi connectivity index (χ2n) is 6.04. The molecule has 1 aliphatic carbocycles. The van der Waals surface area contributed by atoms with E-state index in [1.165, 1.54) is 43.2 Å². The van der Waals surface area contributed by atoms with Gasteiger partial charge in [0.2, 0.25) is 0 Å². The second kappa shape index (κ2) is 4.88. The molecule has 18 heavy (non-hydrogen) atoms. The number of fused-ring (bicyclic) bond motifs is 1. The number of hydrogen-bond acceptors (Lipinski definition) is 1. The SMILES string of the molecule is CC1(C(Br)c2ccc3c(c2)CCO3)CCCCC1. The maximum Gasteiger partial charge on any atom is 0.122 e. The van der Waals surface area contributed by atoms with Gasteiger partial charge in [0.05, 0.1) is 6.61 Å². The minimum atomic E-state index is 0.423. The number of benzene rings is 1. The fraction of sp³-hybridized carbons (Fsp3) is 0.625. The summed E-state index contributed by atoms with van der Waals surface area (Å²) in [5, 5.41) is 0. The predicted molar refractivity (Wildman–Crippen MR) is 78.5 cm³/mol. The van der Waals surface area contributed by atoms with Crippen molar-refractivity contribution in [1.29, 1.82) is 0 Å². The van der Waals surface area contributed by atoms with Crippen LogP contribution in [0.5, 0.6) is 5.75 Å². The second-order valence-corrected chi connectivity index (χ2v) is 6.96. The fourth-order valence-corrected chi connectivity index (χ4v) is 4.12. The molecular weight excluding hydrogens is 288 g/mol. The first-order valence-electron chi connectivity index (χ1n) is 7.09. The summed E-state index contributed by atoms with van der Waals surface area (Å²) in [6.45, 7) is 3.29. The highest BCUT2D eigenvalue weighted by Crippen LogP contribution is 2.50. The molecule has 0 saturated heterocycles. The van der Waals surface area contributed by atoms with Crippen LogP contribution in [0, 0.1) is 5.41 Å². The van der Waals surface area contributed by atoms with Gasteiger partial charge >= 0.3 is 0 Å². The molecule has 1 atom stereocenters. The zero-order valence-corrected chi connectivity index (χ0v) is 12.6. The summed E-state index contributed by atoms with van der Waals surface area (Å²) in [6, 6.07) is 6.74. The zero-order chi connectivity index (χ0) is 12.6. The third-order valence-corrected chi connectivity index (χ3v) is 6.25. The molecule has 2 aliphatic rings. The Kier molecular flexibility index (Phi) is 3.40. The van der Waals surface area contributed by atoms with Gasteiger partial charge in [-0.05, 0) is 35.4 Å². The van der Waals surface area contributed by atoms with E-state index in [1.807, 2.05) is 0 Å². The highest BCUT2D eigenvalue weighted by molar-refractivity contribution is 9.09. The van der Waals surface area contributed by atoms with Crippen LogP contribution < -0.4 is 4.74 Å². The topological polar surface area (TPSA) is 9.23 Å². The van der Waals surface area contributed by atoms with Crippen LogP contribution >= 0.6 is 15.9 Å². The Bertz CT molecular complexity index is 435. The summed E-state index contributed by atoms with van der Waals surface area (Å²) in [5.41, 5.74) is 3.24. The zero-order valence-electron chi connectivity index (χ0n) is 11.0. The van der Waals surface area contributed by atoms with Crippen molar-refractivity contribution < 1.29 is 4.74 Å². The molecule has 1 fully saturated rings. The summed E-state index contributed by atoms with van der Waals surface area (Å²) in [7, 11) is 0. The third kappa shape index (κ3) is 2.20. The van der Waals surface area contributed by atoms with E-state index in [4.69, 9.17) is 4.74 Å². The van der Waals surface area contributed by atoms with E-state index in [-0.39, 0.29) is 0 Å². The molecule has 2 heteroatoms. The highest BCUT2D eigenvalue weighted by atomic mass is 79.9. The Morgan fingerprint density at radius 1 is 1.22 bits per heavy atom. The summed E-state index contributed by atoms with van der Waals surface area (Å²) >= 11 is 3.97. The molecule has 1 aromatic carbocycles. The number of alkyl halides is 1. The maximum atomic E-state index is 5.59. The summed E-state index contributed by atoms with van der Waals surface area (Å²) in [4.78, 5) is 0.483. The van der Waals surface area contributed by atoms with Crippen molar-refractivity contribution in [3.05, 3.63) is 29.3 Å². The van der Waals surface area contributed by atoms with E-state index < -0.39 is 0 Å². The van der Waals surface area contributed by atoms with Crippen molar-refractivity contribution in [3.63, 3.8) is 0 Å². The average Bonchev–Trinajstić information content (AvgIpc) is 2.86. The van der Waals surface area contributed by atoms with Gasteiger partial charge in [-0.3, -0.25) is 0 Å². The summed E-state index contributed by atoms with van der Waals surface area (Å²) in [5.74, 6) is 1.09. The molecule has 1 aliphatic heterocycles. The van der Waals surface area contributed by atoms with Gasteiger partial charge in [-0.15, -0.1) is 0 Å². The molecule has 1 nitrogen and oxygen atoms in total. The van der Waals surface area contributed by atoms with Crippen LogP contribution in [0.3, 0.4) is 0 Å². The van der Waals surface area contributed by atoms with Crippen molar-refractivity contribution in [3.8, 4) is 5.75 Å². The number of rotatable bonds is 2. The molecular formula is C16H21BrO. The third-order valence-electron chi connectivity index (χ3n) is 4.61. The minimum Gasteiger partial charge on any atom is -0.493 e. The molecule has 0 N–H and O–H groups in total. The number of halogens is 1. The van der Waals surface area contributed by atoms with E-state index >= 15 is 0 Å². The van der Waals surface area contributed by atoms with E-state index in [0.717, 1.165) is 18.8 Å². The molecule has 0 aromatic heterocycles. The Hall–Kier alpha value is -0.500. The van der Waals surface area contributed by atoms with E-state index in [9.17, 15) is 0 Å². The maximum absolute atomic E-state index is 5.59. The predicted octanol–water partition coefficient (Wildman–Crippen LogP) is 5.03. The monoisotopic (exact) mass is 308 g/mol. The van der Waals surface area contributed by atoms with Gasteiger partial charge in [0, 0.05) is 11.2 Å². The van der Waals surface area contributed by atoms with Gasteiger partial charge in [0.25, 0.3) is 0 Å². The van der Waals surface area contributed by atoms with Crippen LogP contribution in [0.1, 0.15) is 55.0 Å². The normalized spacial score (nSPS) is 23.2. The van der Waals surface area contributed by atoms with E-state index in [1.54, 1.807) is 0 Å². The first-order valence-corrected chi connectivity index (χ1v) is 8.00. The van der Waals surface area contributed by atoms with Crippen LogP contribution in [0.15, 0.2) is 18.2 Å². The van der Waals surface area contributed by atoms with Crippen LogP contribution in [-0.2, 0) is 6.42 Å². The number of ether oxygens (including phenoxy) is 1. The van der Waals surface area contributed by atoms with Gasteiger partial charge in [-0.2, -0.15) is 0 Å². The summed E-state index contributed by atoms with van der Waals surface area (Å²) in [6.07, 6.45) is 7.93. The molecule has 1 unspecified atom stereocenters. The van der Waals surface area contributed by atoms with Crippen LogP contribution in [0.25, 0.3) is 0 Å². The van der Waals surface area contributed by atoms with Gasteiger partial charge in [-0.1, -0.05) is 54.2 Å². The van der Waals surface area contributed by atoms with Gasteiger partial charge < -0.3 is 4.74 Å². The lowest BCUT2D eigenvalue weighted by molar-refractivity contribution is 0.213. The first kappa shape index (κ1) is 12.5. The quantitative estimate of drug-likeness (QED) is 0.696. The van der Waals surface area contributed by atoms with Crippen molar-refractivity contribution in [2.24, 2.45) is 5.41 Å². The van der Waals surface area contributed by atoms with Crippen LogP contribution in [-0.4, -0.2) is 6.61 Å². The van der Waals surface area contributed by atoms with E-state index in [2.05, 4.69) is 41.1 Å². The smallest absolute Gasteiger partial charge is 0.122 e. The standard InChI is InChI=1S/C16H21BrO/c1-16(8-3-2-4-9-16)15(17)13-5-6-14-12(11-13)7-10-18-14/h5-6,11,15H,2-4,7-10H2,1H3. The van der Waals surface area contributed by atoms with Gasteiger partial charge in [0.15, 0.2) is 0 Å². The van der Waals surface area contributed by atoms with Crippen molar-refractivity contribution in [2.45, 2.75) is 50.3 Å². The molecule has 0 amide bonds. The Labute approximate surface area is 118 Å². The van der Waals surface area contributed by atoms with Crippen LogP contribution in [0.2, 0.25) is 0 Å². The van der Waals surface area contributed by atoms with Gasteiger partial charge in [-0.25, -0.2) is 0 Å². The highest BCUT2D eigenvalue weighted by Gasteiger charge is 2.35. The summed E-state index contributed by atoms with van der Waals surface area (Å²) < 4.78 is 5.59. The largest absolute Gasteiger partial charge is 0.493 e.